The lowest BCUT2D eigenvalue weighted by Gasteiger charge is -2.48. The van der Waals surface area contributed by atoms with E-state index in [1.165, 1.54) is 128 Å². The average molecular weight is 1400 g/mol. The molecule has 0 radical (unpaired) electrons. The van der Waals surface area contributed by atoms with Gasteiger partial charge in [0, 0.05) is 6.42 Å². The minimum atomic E-state index is -1.99. The van der Waals surface area contributed by atoms with Gasteiger partial charge in [-0.15, -0.1) is 0 Å². The van der Waals surface area contributed by atoms with Crippen LogP contribution in [0.2, 0.25) is 0 Å². The lowest BCUT2D eigenvalue weighted by molar-refractivity contribution is -0.379. The van der Waals surface area contributed by atoms with Crippen LogP contribution in [0.25, 0.3) is 0 Å². The average Bonchev–Trinajstić information content (AvgIpc) is 0.784. The van der Waals surface area contributed by atoms with Crippen molar-refractivity contribution in [2.75, 3.05) is 26.4 Å². The van der Waals surface area contributed by atoms with Gasteiger partial charge in [-0.25, -0.2) is 0 Å². The third-order valence-corrected chi connectivity index (χ3v) is 18.2. The highest BCUT2D eigenvalue weighted by Gasteiger charge is 2.53. The largest absolute Gasteiger partial charge is 0.394 e. The van der Waals surface area contributed by atoms with E-state index in [-0.39, 0.29) is 12.3 Å². The molecule has 0 saturated carbocycles. The van der Waals surface area contributed by atoms with Gasteiger partial charge in [0.15, 0.2) is 18.9 Å². The minimum Gasteiger partial charge on any atom is -0.394 e. The number of aliphatic hydroxyl groups excluding tert-OH is 11. The Morgan fingerprint density at radius 3 is 1.13 bits per heavy atom. The van der Waals surface area contributed by atoms with E-state index in [2.05, 4.69) is 129 Å². The summed E-state index contributed by atoms with van der Waals surface area (Å²) in [6, 6.07) is -1.02. The van der Waals surface area contributed by atoms with Crippen molar-refractivity contribution in [1.82, 2.24) is 5.32 Å². The van der Waals surface area contributed by atoms with Crippen LogP contribution in [0.4, 0.5) is 0 Å². The predicted molar refractivity (Wildman–Crippen MR) is 392 cm³/mol. The molecule has 3 saturated heterocycles. The van der Waals surface area contributed by atoms with Crippen LogP contribution >= 0.6 is 0 Å². The molecule has 1 amide bonds. The number of carbonyl (C=O) groups excluding carboxylic acids is 1. The number of hydrogen-bond donors (Lipinski definition) is 12. The maximum absolute atomic E-state index is 13.4. The van der Waals surface area contributed by atoms with E-state index >= 15 is 0 Å². The first-order chi connectivity index (χ1) is 48.3. The number of aliphatic hydroxyl groups is 11. The van der Waals surface area contributed by atoms with Gasteiger partial charge in [0.2, 0.25) is 5.91 Å². The van der Waals surface area contributed by atoms with Crippen molar-refractivity contribution in [3.63, 3.8) is 0 Å². The Morgan fingerprint density at radius 1 is 0.374 bits per heavy atom. The summed E-state index contributed by atoms with van der Waals surface area (Å²) >= 11 is 0. The minimum absolute atomic E-state index is 0.172. The fourth-order valence-corrected chi connectivity index (χ4v) is 12.1. The fourth-order valence-electron chi connectivity index (χ4n) is 12.1. The molecule has 568 valence electrons. The standard InChI is InChI=1S/C80H135NO18/c1-3-5-7-9-11-13-15-17-19-21-23-25-27-29-31-33-35-37-39-41-43-45-47-49-51-53-55-57-64(85)63(81-68(86)58-56-54-52-50-48-46-44-42-40-38-36-34-32-30-28-26-24-22-20-18-16-14-12-10-8-6-4-2)62-94-78-74(92)71(89)76(66(60-83)96-78)99-80-75(93)72(90)77(67(61-84)97-80)98-79-73(91)70(88)69(87)65(59-82)95-79/h6,8,12,14,18,20,24,26,30,32,36,38,42,44,47-50,55,57,63-67,69-80,82-85,87-93H,3-5,7,9-11,13,15-17,19,21-23,25,27-29,31,33-35,37,39-41,43,45-46,51-54,56,58-62H2,1-2H3,(H,81,86)/b8-6-,14-12-,20-18-,26-24-,32-30-,38-36-,44-42-,49-47+,50-48-,57-55+. The quantitative estimate of drug-likeness (QED) is 0.0199. The maximum Gasteiger partial charge on any atom is 0.220 e. The number of unbranched alkanes of at least 4 members (excludes halogenated alkanes) is 24. The van der Waals surface area contributed by atoms with E-state index < -0.39 is 131 Å². The summed E-state index contributed by atoms with van der Waals surface area (Å²) in [7, 11) is 0. The van der Waals surface area contributed by atoms with Gasteiger partial charge in [0.1, 0.15) is 73.2 Å². The number of hydrogen-bond acceptors (Lipinski definition) is 18. The van der Waals surface area contributed by atoms with Crippen LogP contribution in [0.3, 0.4) is 0 Å². The number of ether oxygens (including phenoxy) is 6. The van der Waals surface area contributed by atoms with Crippen LogP contribution in [0.5, 0.6) is 0 Å². The Morgan fingerprint density at radius 2 is 0.707 bits per heavy atom. The molecular formula is C80H135NO18. The van der Waals surface area contributed by atoms with Gasteiger partial charge in [-0.3, -0.25) is 4.79 Å². The third-order valence-electron chi connectivity index (χ3n) is 18.2. The molecule has 17 unspecified atom stereocenters. The predicted octanol–water partition coefficient (Wildman–Crippen LogP) is 11.9. The highest BCUT2D eigenvalue weighted by Crippen LogP contribution is 2.33. The second-order valence-corrected chi connectivity index (χ2v) is 26.7. The molecule has 99 heavy (non-hydrogen) atoms. The van der Waals surface area contributed by atoms with E-state index in [1.807, 2.05) is 6.08 Å². The van der Waals surface area contributed by atoms with Crippen molar-refractivity contribution in [3.05, 3.63) is 122 Å². The number of rotatable bonds is 58. The van der Waals surface area contributed by atoms with E-state index in [0.717, 1.165) is 83.5 Å². The van der Waals surface area contributed by atoms with E-state index in [1.54, 1.807) is 6.08 Å². The van der Waals surface area contributed by atoms with Crippen molar-refractivity contribution in [2.45, 2.75) is 349 Å². The van der Waals surface area contributed by atoms with Crippen molar-refractivity contribution >= 4 is 5.91 Å². The summed E-state index contributed by atoms with van der Waals surface area (Å²) in [5.74, 6) is -0.331. The Labute approximate surface area is 595 Å². The monoisotopic (exact) mass is 1400 g/mol. The molecular weight excluding hydrogens is 1260 g/mol. The zero-order valence-corrected chi connectivity index (χ0v) is 60.4. The van der Waals surface area contributed by atoms with Crippen molar-refractivity contribution in [3.8, 4) is 0 Å². The summed E-state index contributed by atoms with van der Waals surface area (Å²) in [6.07, 6.45) is 56.1. The van der Waals surface area contributed by atoms with Crippen LogP contribution in [0.1, 0.15) is 245 Å². The Hall–Kier alpha value is -3.81. The highest BCUT2D eigenvalue weighted by molar-refractivity contribution is 5.76. The van der Waals surface area contributed by atoms with Crippen LogP contribution < -0.4 is 5.32 Å². The van der Waals surface area contributed by atoms with Gasteiger partial charge in [0.05, 0.1) is 38.6 Å². The number of allylic oxidation sites excluding steroid dienone is 19. The number of amides is 1. The molecule has 19 heteroatoms. The molecule has 3 fully saturated rings. The molecule has 0 spiro atoms. The molecule has 3 aliphatic rings. The van der Waals surface area contributed by atoms with Crippen molar-refractivity contribution in [1.29, 1.82) is 0 Å². The number of nitrogens with one attached hydrogen (secondary N) is 1. The highest BCUT2D eigenvalue weighted by atomic mass is 16.8. The third kappa shape index (κ3) is 40.2. The van der Waals surface area contributed by atoms with E-state index in [4.69, 9.17) is 28.4 Å². The van der Waals surface area contributed by atoms with Crippen molar-refractivity contribution in [2.24, 2.45) is 0 Å². The lowest BCUT2D eigenvalue weighted by atomic mass is 9.96. The zero-order valence-electron chi connectivity index (χ0n) is 60.4. The van der Waals surface area contributed by atoms with Gasteiger partial charge < -0.3 is 89.9 Å². The molecule has 3 heterocycles. The van der Waals surface area contributed by atoms with Gasteiger partial charge in [0.25, 0.3) is 0 Å². The first kappa shape index (κ1) is 89.4. The molecule has 0 bridgehead atoms. The molecule has 0 aliphatic carbocycles. The van der Waals surface area contributed by atoms with Crippen molar-refractivity contribution < 1.29 is 89.4 Å². The van der Waals surface area contributed by atoms with Crippen LogP contribution in [0.15, 0.2) is 122 Å². The SMILES string of the molecule is CC/C=C\C/C=C\C/C=C\C/C=C\C/C=C\C/C=C\C/C=C\C/C=C\CCCCC(=O)NC(COC1OC(CO)C(OC2OC(CO)C(OC3OC(CO)C(O)C(O)C3O)C(O)C2O)C(O)C1O)C(O)/C=C/CC/C=C/CCCCCCCCCCCCCCCCCCCCCCC. The van der Waals surface area contributed by atoms with Gasteiger partial charge in [-0.1, -0.05) is 264 Å². The lowest BCUT2D eigenvalue weighted by Crippen LogP contribution is -2.66. The molecule has 3 aliphatic heterocycles. The molecule has 0 aromatic carbocycles. The zero-order chi connectivity index (χ0) is 71.8. The topological polar surface area (TPSA) is 307 Å². The molecule has 0 aromatic heterocycles. The molecule has 17 atom stereocenters. The smallest absolute Gasteiger partial charge is 0.220 e. The first-order valence-corrected chi connectivity index (χ1v) is 38.3. The second-order valence-electron chi connectivity index (χ2n) is 26.7. The first-order valence-electron chi connectivity index (χ1n) is 38.3. The maximum atomic E-state index is 13.4. The van der Waals surface area contributed by atoms with Crippen LogP contribution in [-0.4, -0.2) is 193 Å². The Kier molecular flexibility index (Phi) is 53.8. The normalized spacial score (nSPS) is 27.3. The summed E-state index contributed by atoms with van der Waals surface area (Å²) in [5.41, 5.74) is 0. The number of carbonyl (C=O) groups is 1. The molecule has 3 rings (SSSR count). The van der Waals surface area contributed by atoms with Crippen LogP contribution in [-0.2, 0) is 33.2 Å². The summed E-state index contributed by atoms with van der Waals surface area (Å²) in [4.78, 5) is 13.4. The Bertz CT molecular complexity index is 2260. The molecule has 19 nitrogen and oxygen atoms in total. The second kappa shape index (κ2) is 59.6. The summed E-state index contributed by atoms with van der Waals surface area (Å²) < 4.78 is 34.4. The van der Waals surface area contributed by atoms with Gasteiger partial charge in [-0.05, 0) is 96.3 Å². The van der Waals surface area contributed by atoms with E-state index in [9.17, 15) is 61.0 Å². The van der Waals surface area contributed by atoms with Gasteiger partial charge in [-0.2, -0.15) is 0 Å². The van der Waals surface area contributed by atoms with Gasteiger partial charge >= 0.3 is 0 Å². The summed E-state index contributed by atoms with van der Waals surface area (Å²) in [5, 5.41) is 121. The van der Waals surface area contributed by atoms with E-state index in [0.29, 0.717) is 12.8 Å². The summed E-state index contributed by atoms with van der Waals surface area (Å²) in [6.45, 7) is 1.57. The van der Waals surface area contributed by atoms with Crippen LogP contribution in [0, 0.1) is 0 Å². The Balaban J connectivity index is 1.44. The molecule has 0 aromatic rings. The molecule has 12 N–H and O–H groups in total. The fraction of sp³-hybridized carbons (Fsp3) is 0.738.